The molecule has 1 aromatic rings. The minimum absolute atomic E-state index is 0.226. The van der Waals surface area contributed by atoms with Gasteiger partial charge in [0, 0.05) is 6.42 Å². The van der Waals surface area contributed by atoms with Crippen molar-refractivity contribution >= 4 is 12.3 Å². The molecular weight excluding hydrogens is 268 g/mol. The van der Waals surface area contributed by atoms with Crippen molar-refractivity contribution < 1.29 is 19.1 Å². The zero-order valence-electron chi connectivity index (χ0n) is 12.5. The van der Waals surface area contributed by atoms with E-state index in [9.17, 15) is 9.59 Å². The Morgan fingerprint density at radius 3 is 2.71 bits per heavy atom. The minimum atomic E-state index is -0.298. The number of hydrogen-bond donors (Lipinski definition) is 0. The van der Waals surface area contributed by atoms with Gasteiger partial charge in [-0.1, -0.05) is 38.2 Å². The van der Waals surface area contributed by atoms with Gasteiger partial charge in [-0.05, 0) is 24.5 Å². The number of rotatable bonds is 6. The molecule has 0 unspecified atom stereocenters. The largest absolute Gasteiger partial charge is 0.493 e. The third-order valence-corrected chi connectivity index (χ3v) is 4.05. The second-order valence-corrected chi connectivity index (χ2v) is 5.51. The number of ether oxygens (including phenoxy) is 2. The third kappa shape index (κ3) is 4.31. The number of aldehydes is 1. The van der Waals surface area contributed by atoms with Crippen LogP contribution in [0.5, 0.6) is 11.5 Å². The lowest BCUT2D eigenvalue weighted by Gasteiger charge is -2.21. The van der Waals surface area contributed by atoms with E-state index in [2.05, 4.69) is 0 Å². The summed E-state index contributed by atoms with van der Waals surface area (Å²) in [6, 6.07) is 4.98. The minimum Gasteiger partial charge on any atom is -0.493 e. The monoisotopic (exact) mass is 290 g/mol. The molecule has 1 aromatic carbocycles. The van der Waals surface area contributed by atoms with Crippen molar-refractivity contribution in [1.29, 1.82) is 0 Å². The Bertz CT molecular complexity index is 490. The Kier molecular flexibility index (Phi) is 5.78. The fourth-order valence-electron chi connectivity index (χ4n) is 2.86. The van der Waals surface area contributed by atoms with Crippen LogP contribution in [0.4, 0.5) is 0 Å². The smallest absolute Gasteiger partial charge is 0.311 e. The molecule has 0 aromatic heterocycles. The normalized spacial score (nSPS) is 15.5. The second kappa shape index (κ2) is 7.81. The Hall–Kier alpha value is -1.84. The van der Waals surface area contributed by atoms with Crippen LogP contribution in [-0.2, 0) is 4.79 Å². The van der Waals surface area contributed by atoms with E-state index in [4.69, 9.17) is 9.47 Å². The van der Waals surface area contributed by atoms with E-state index in [1.807, 2.05) is 0 Å². The van der Waals surface area contributed by atoms with Crippen molar-refractivity contribution in [3.05, 3.63) is 23.8 Å². The average molecular weight is 290 g/mol. The molecule has 1 fully saturated rings. The highest BCUT2D eigenvalue weighted by Crippen LogP contribution is 2.31. The van der Waals surface area contributed by atoms with E-state index >= 15 is 0 Å². The highest BCUT2D eigenvalue weighted by Gasteiger charge is 2.18. The van der Waals surface area contributed by atoms with Crippen molar-refractivity contribution in [2.45, 2.75) is 44.9 Å². The summed E-state index contributed by atoms with van der Waals surface area (Å²) in [5, 5.41) is 0. The Labute approximate surface area is 125 Å². The lowest BCUT2D eigenvalue weighted by Crippen LogP contribution is -2.14. The maximum absolute atomic E-state index is 12.0. The summed E-state index contributed by atoms with van der Waals surface area (Å²) < 4.78 is 10.5. The number of carbonyl (C=O) groups is 2. The third-order valence-electron chi connectivity index (χ3n) is 4.05. The highest BCUT2D eigenvalue weighted by molar-refractivity contribution is 5.84. The molecule has 0 radical (unpaired) electrons. The van der Waals surface area contributed by atoms with Crippen LogP contribution in [0.1, 0.15) is 55.3 Å². The van der Waals surface area contributed by atoms with Gasteiger partial charge in [-0.25, -0.2) is 0 Å². The summed E-state index contributed by atoms with van der Waals surface area (Å²) in [5.41, 5.74) is 0.334. The van der Waals surface area contributed by atoms with E-state index in [0.717, 1.165) is 6.42 Å². The van der Waals surface area contributed by atoms with Gasteiger partial charge in [0.1, 0.15) is 0 Å². The highest BCUT2D eigenvalue weighted by atomic mass is 16.6. The molecule has 0 bridgehead atoms. The first-order chi connectivity index (χ1) is 10.2. The predicted octanol–water partition coefficient (Wildman–Crippen LogP) is 3.77. The molecule has 0 saturated heterocycles. The standard InChI is InChI=1S/C17H22O4/c1-20-15-9-5-8-14(12-18)17(15)21-16(19)11-10-13-6-3-2-4-7-13/h5,8-9,12-13H,2-4,6-7,10-11H2,1H3. The summed E-state index contributed by atoms with van der Waals surface area (Å²) in [6.45, 7) is 0. The molecule has 0 heterocycles. The summed E-state index contributed by atoms with van der Waals surface area (Å²) in [7, 11) is 1.49. The second-order valence-electron chi connectivity index (χ2n) is 5.51. The SMILES string of the molecule is COc1cccc(C=O)c1OC(=O)CCC1CCCCC1. The van der Waals surface area contributed by atoms with E-state index in [1.165, 1.54) is 39.2 Å². The van der Waals surface area contributed by atoms with Gasteiger partial charge in [0.25, 0.3) is 0 Å². The fraction of sp³-hybridized carbons (Fsp3) is 0.529. The van der Waals surface area contributed by atoms with Crippen LogP contribution in [-0.4, -0.2) is 19.4 Å². The lowest BCUT2D eigenvalue weighted by molar-refractivity contribution is -0.134. The molecule has 0 atom stereocenters. The van der Waals surface area contributed by atoms with Gasteiger partial charge < -0.3 is 9.47 Å². The first kappa shape index (κ1) is 15.5. The van der Waals surface area contributed by atoms with Crippen LogP contribution in [0, 0.1) is 5.92 Å². The molecule has 2 rings (SSSR count). The Morgan fingerprint density at radius 2 is 2.05 bits per heavy atom. The van der Waals surface area contributed by atoms with E-state index in [0.29, 0.717) is 29.9 Å². The molecule has 4 nitrogen and oxygen atoms in total. The van der Waals surface area contributed by atoms with Crippen LogP contribution in [0.3, 0.4) is 0 Å². The van der Waals surface area contributed by atoms with Crippen molar-refractivity contribution in [2.24, 2.45) is 5.92 Å². The van der Waals surface area contributed by atoms with Gasteiger partial charge in [0.2, 0.25) is 0 Å². The number of para-hydroxylation sites is 1. The summed E-state index contributed by atoms with van der Waals surface area (Å²) in [5.74, 6) is 0.969. The number of carbonyl (C=O) groups excluding carboxylic acids is 2. The van der Waals surface area contributed by atoms with Gasteiger partial charge >= 0.3 is 5.97 Å². The van der Waals surface area contributed by atoms with Crippen LogP contribution < -0.4 is 9.47 Å². The van der Waals surface area contributed by atoms with Crippen molar-refractivity contribution in [1.82, 2.24) is 0 Å². The number of methoxy groups -OCH3 is 1. The maximum Gasteiger partial charge on any atom is 0.311 e. The molecular formula is C17H22O4. The average Bonchev–Trinajstić information content (AvgIpc) is 2.54. The molecule has 1 aliphatic carbocycles. The lowest BCUT2D eigenvalue weighted by atomic mass is 9.86. The van der Waals surface area contributed by atoms with E-state index in [1.54, 1.807) is 18.2 Å². The van der Waals surface area contributed by atoms with Gasteiger partial charge in [-0.15, -0.1) is 0 Å². The van der Waals surface area contributed by atoms with Crippen molar-refractivity contribution in [2.75, 3.05) is 7.11 Å². The molecule has 0 amide bonds. The van der Waals surface area contributed by atoms with Gasteiger partial charge in [0.15, 0.2) is 17.8 Å². The van der Waals surface area contributed by atoms with Crippen LogP contribution >= 0.6 is 0 Å². The molecule has 0 N–H and O–H groups in total. The molecule has 0 spiro atoms. The van der Waals surface area contributed by atoms with Crippen LogP contribution in [0.2, 0.25) is 0 Å². The zero-order chi connectivity index (χ0) is 15.1. The van der Waals surface area contributed by atoms with Crippen LogP contribution in [0.15, 0.2) is 18.2 Å². The fourth-order valence-corrected chi connectivity index (χ4v) is 2.86. The zero-order valence-corrected chi connectivity index (χ0v) is 12.5. The van der Waals surface area contributed by atoms with Gasteiger partial charge in [-0.3, -0.25) is 9.59 Å². The number of hydrogen-bond acceptors (Lipinski definition) is 4. The molecule has 114 valence electrons. The molecule has 0 aliphatic heterocycles. The van der Waals surface area contributed by atoms with E-state index < -0.39 is 0 Å². The first-order valence-electron chi connectivity index (χ1n) is 7.57. The first-order valence-corrected chi connectivity index (χ1v) is 7.57. The summed E-state index contributed by atoms with van der Waals surface area (Å²) >= 11 is 0. The Balaban J connectivity index is 1.94. The molecule has 21 heavy (non-hydrogen) atoms. The summed E-state index contributed by atoms with van der Waals surface area (Å²) in [6.07, 6.45) is 8.19. The topological polar surface area (TPSA) is 52.6 Å². The molecule has 4 heteroatoms. The summed E-state index contributed by atoms with van der Waals surface area (Å²) in [4.78, 5) is 23.0. The molecule has 1 aliphatic rings. The quantitative estimate of drug-likeness (QED) is 0.454. The van der Waals surface area contributed by atoms with Crippen molar-refractivity contribution in [3.8, 4) is 11.5 Å². The van der Waals surface area contributed by atoms with Crippen LogP contribution in [0.25, 0.3) is 0 Å². The Morgan fingerprint density at radius 1 is 1.29 bits per heavy atom. The predicted molar refractivity (Wildman–Crippen MR) is 79.8 cm³/mol. The van der Waals surface area contributed by atoms with E-state index in [-0.39, 0.29) is 11.7 Å². The van der Waals surface area contributed by atoms with Gasteiger partial charge in [0.05, 0.1) is 12.7 Å². The maximum atomic E-state index is 12.0. The number of esters is 1. The molecule has 1 saturated carbocycles. The van der Waals surface area contributed by atoms with Crippen molar-refractivity contribution in [3.63, 3.8) is 0 Å². The number of benzene rings is 1. The van der Waals surface area contributed by atoms with Gasteiger partial charge in [-0.2, -0.15) is 0 Å².